The average Bonchev–Trinajstić information content (AvgIpc) is 2.53. The van der Waals surface area contributed by atoms with Gasteiger partial charge in [0.15, 0.2) is 0 Å². The maximum atomic E-state index is 5.29. The van der Waals surface area contributed by atoms with E-state index in [1.165, 1.54) is 0 Å². The third-order valence-electron chi connectivity index (χ3n) is 1.88. The molecular weight excluding hydrogens is 232 g/mol. The van der Waals surface area contributed by atoms with Crippen molar-refractivity contribution in [2.24, 2.45) is 0 Å². The molecule has 0 aliphatic rings. The molecule has 0 aliphatic heterocycles. The first-order valence-electron chi connectivity index (χ1n) is 3.96. The van der Waals surface area contributed by atoms with Crippen molar-refractivity contribution in [2.75, 3.05) is 7.11 Å². The molecule has 2 rings (SSSR count). The summed E-state index contributed by atoms with van der Waals surface area (Å²) >= 11 is 3.45. The first-order valence-corrected chi connectivity index (χ1v) is 4.75. The molecule has 2 nitrogen and oxygen atoms in total. The van der Waals surface area contributed by atoms with E-state index in [1.807, 2.05) is 12.1 Å². The number of hydrogen-bond acceptors (Lipinski definition) is 2. The van der Waals surface area contributed by atoms with Crippen LogP contribution in [-0.2, 0) is 11.3 Å². The Balaban J connectivity index is 2.56. The van der Waals surface area contributed by atoms with Crippen molar-refractivity contribution >= 4 is 26.9 Å². The number of furan rings is 1. The predicted molar refractivity (Wildman–Crippen MR) is 54.6 cm³/mol. The second-order valence-electron chi connectivity index (χ2n) is 2.85. The number of methoxy groups -OCH3 is 1. The lowest BCUT2D eigenvalue weighted by molar-refractivity contribution is 0.185. The predicted octanol–water partition coefficient (Wildman–Crippen LogP) is 3.34. The molecule has 0 saturated carbocycles. The van der Waals surface area contributed by atoms with Crippen LogP contribution < -0.4 is 0 Å². The maximum absolute atomic E-state index is 5.29. The molecule has 1 aromatic carbocycles. The van der Waals surface area contributed by atoms with Gasteiger partial charge in [0.1, 0.15) is 5.58 Å². The third kappa shape index (κ3) is 1.62. The molecule has 0 radical (unpaired) electrons. The van der Waals surface area contributed by atoms with Crippen LogP contribution in [0.15, 0.2) is 33.4 Å². The highest BCUT2D eigenvalue weighted by molar-refractivity contribution is 9.10. The molecule has 68 valence electrons. The number of benzene rings is 1. The van der Waals surface area contributed by atoms with Crippen molar-refractivity contribution in [2.45, 2.75) is 6.61 Å². The molecular formula is C10H9BrO2. The van der Waals surface area contributed by atoms with Crippen LogP contribution in [0, 0.1) is 0 Å². The normalized spacial score (nSPS) is 10.9. The Hall–Kier alpha value is -0.800. The maximum Gasteiger partial charge on any atom is 0.148 e. The highest BCUT2D eigenvalue weighted by atomic mass is 79.9. The third-order valence-corrected chi connectivity index (χ3v) is 2.47. The molecule has 0 N–H and O–H groups in total. The van der Waals surface area contributed by atoms with Crippen LogP contribution in [0.2, 0.25) is 0 Å². The second-order valence-corrected chi connectivity index (χ2v) is 3.70. The summed E-state index contributed by atoms with van der Waals surface area (Å²) < 4.78 is 11.3. The van der Waals surface area contributed by atoms with Gasteiger partial charge in [0, 0.05) is 12.5 Å². The van der Waals surface area contributed by atoms with E-state index in [0.29, 0.717) is 6.61 Å². The zero-order valence-electron chi connectivity index (χ0n) is 7.21. The zero-order chi connectivity index (χ0) is 9.26. The van der Waals surface area contributed by atoms with Gasteiger partial charge in [0.2, 0.25) is 0 Å². The van der Waals surface area contributed by atoms with Gasteiger partial charge >= 0.3 is 0 Å². The van der Waals surface area contributed by atoms with Crippen LogP contribution in [0.5, 0.6) is 0 Å². The summed E-state index contributed by atoms with van der Waals surface area (Å²) in [6, 6.07) is 6.02. The van der Waals surface area contributed by atoms with E-state index in [2.05, 4.69) is 22.0 Å². The molecule has 0 bridgehead atoms. The molecule has 0 spiro atoms. The van der Waals surface area contributed by atoms with E-state index in [-0.39, 0.29) is 0 Å². The van der Waals surface area contributed by atoms with E-state index in [4.69, 9.17) is 9.15 Å². The Morgan fingerprint density at radius 2 is 2.31 bits per heavy atom. The van der Waals surface area contributed by atoms with Crippen molar-refractivity contribution in [1.29, 1.82) is 0 Å². The van der Waals surface area contributed by atoms with Gasteiger partial charge in [0.25, 0.3) is 0 Å². The fraction of sp³-hybridized carbons (Fsp3) is 0.200. The van der Waals surface area contributed by atoms with E-state index in [1.54, 1.807) is 13.4 Å². The molecule has 2 aromatic rings. The van der Waals surface area contributed by atoms with Gasteiger partial charge < -0.3 is 9.15 Å². The lowest BCUT2D eigenvalue weighted by Crippen LogP contribution is -1.86. The summed E-state index contributed by atoms with van der Waals surface area (Å²) in [6.07, 6.45) is 1.69. The van der Waals surface area contributed by atoms with Gasteiger partial charge in [0.05, 0.1) is 17.3 Å². The number of halogens is 1. The van der Waals surface area contributed by atoms with Gasteiger partial charge in [-0.1, -0.05) is 0 Å². The fourth-order valence-electron chi connectivity index (χ4n) is 1.35. The average molecular weight is 241 g/mol. The van der Waals surface area contributed by atoms with Crippen molar-refractivity contribution < 1.29 is 9.15 Å². The molecule has 0 aliphatic carbocycles. The molecule has 1 aromatic heterocycles. The molecule has 0 amide bonds. The lowest BCUT2D eigenvalue weighted by atomic mass is 10.2. The van der Waals surface area contributed by atoms with Crippen molar-refractivity contribution in [3.63, 3.8) is 0 Å². The van der Waals surface area contributed by atoms with Gasteiger partial charge in [-0.25, -0.2) is 0 Å². The van der Waals surface area contributed by atoms with Gasteiger partial charge in [-0.2, -0.15) is 0 Å². The Kier molecular flexibility index (Phi) is 2.38. The van der Waals surface area contributed by atoms with Crippen LogP contribution in [0.25, 0.3) is 11.0 Å². The van der Waals surface area contributed by atoms with Gasteiger partial charge in [-0.15, -0.1) is 0 Å². The van der Waals surface area contributed by atoms with E-state index in [9.17, 15) is 0 Å². The number of rotatable bonds is 2. The Labute approximate surface area is 84.6 Å². The second kappa shape index (κ2) is 3.52. The summed E-state index contributed by atoms with van der Waals surface area (Å²) in [5, 5.41) is 1.10. The molecule has 0 fully saturated rings. The first-order chi connectivity index (χ1) is 6.31. The minimum absolute atomic E-state index is 0.625. The first kappa shape index (κ1) is 8.78. The molecule has 1 heterocycles. The van der Waals surface area contributed by atoms with Gasteiger partial charge in [-0.3, -0.25) is 0 Å². The SMILES string of the molecule is COCc1cc(Br)c2occc2c1. The zero-order valence-corrected chi connectivity index (χ0v) is 8.80. The van der Waals surface area contributed by atoms with Crippen molar-refractivity contribution in [1.82, 2.24) is 0 Å². The largest absolute Gasteiger partial charge is 0.463 e. The van der Waals surface area contributed by atoms with Crippen LogP contribution in [0.4, 0.5) is 0 Å². The summed E-state index contributed by atoms with van der Waals surface area (Å²) in [6.45, 7) is 0.625. The van der Waals surface area contributed by atoms with Crippen LogP contribution in [-0.4, -0.2) is 7.11 Å². The molecule has 0 atom stereocenters. The lowest BCUT2D eigenvalue weighted by Gasteiger charge is -2.00. The van der Waals surface area contributed by atoms with E-state index >= 15 is 0 Å². The molecule has 0 unspecified atom stereocenters. The monoisotopic (exact) mass is 240 g/mol. The Morgan fingerprint density at radius 1 is 1.46 bits per heavy atom. The van der Waals surface area contributed by atoms with Crippen molar-refractivity contribution in [3.05, 3.63) is 34.5 Å². The van der Waals surface area contributed by atoms with Gasteiger partial charge in [-0.05, 0) is 39.7 Å². The quantitative estimate of drug-likeness (QED) is 0.804. The number of fused-ring (bicyclic) bond motifs is 1. The minimum Gasteiger partial charge on any atom is -0.463 e. The minimum atomic E-state index is 0.625. The smallest absolute Gasteiger partial charge is 0.148 e. The Bertz CT molecular complexity index is 420. The van der Waals surface area contributed by atoms with Crippen LogP contribution >= 0.6 is 15.9 Å². The van der Waals surface area contributed by atoms with E-state index < -0.39 is 0 Å². The summed E-state index contributed by atoms with van der Waals surface area (Å²) in [4.78, 5) is 0. The van der Waals surface area contributed by atoms with Crippen LogP contribution in [0.3, 0.4) is 0 Å². The topological polar surface area (TPSA) is 22.4 Å². The fourth-order valence-corrected chi connectivity index (χ4v) is 1.96. The van der Waals surface area contributed by atoms with Crippen molar-refractivity contribution in [3.8, 4) is 0 Å². The highest BCUT2D eigenvalue weighted by Crippen LogP contribution is 2.26. The number of ether oxygens (including phenoxy) is 1. The number of hydrogen-bond donors (Lipinski definition) is 0. The Morgan fingerprint density at radius 3 is 3.08 bits per heavy atom. The highest BCUT2D eigenvalue weighted by Gasteiger charge is 2.04. The summed E-state index contributed by atoms with van der Waals surface area (Å²) in [5.41, 5.74) is 2.03. The molecule has 13 heavy (non-hydrogen) atoms. The molecule has 0 saturated heterocycles. The van der Waals surface area contributed by atoms with Crippen LogP contribution in [0.1, 0.15) is 5.56 Å². The molecule has 3 heteroatoms. The summed E-state index contributed by atoms with van der Waals surface area (Å²) in [7, 11) is 1.69. The summed E-state index contributed by atoms with van der Waals surface area (Å²) in [5.74, 6) is 0. The standard InChI is InChI=1S/C10H9BrO2/c1-12-6-7-4-8-2-3-13-10(8)9(11)5-7/h2-5H,6H2,1H3. The van der Waals surface area contributed by atoms with E-state index in [0.717, 1.165) is 21.0 Å².